The van der Waals surface area contributed by atoms with E-state index in [0.717, 1.165) is 0 Å². The van der Waals surface area contributed by atoms with E-state index in [4.69, 9.17) is 11.7 Å². The van der Waals surface area contributed by atoms with Crippen LogP contribution in [-0.4, -0.2) is 12.6 Å². The molecule has 0 aliphatic rings. The molecule has 3 nitrogen and oxygen atoms in total. The first kappa shape index (κ1) is 7.52. The van der Waals surface area contributed by atoms with Gasteiger partial charge in [-0.15, -0.1) is 6.42 Å². The van der Waals surface area contributed by atoms with Gasteiger partial charge >= 0.3 is 5.97 Å². The molecule has 9 heavy (non-hydrogen) atoms. The van der Waals surface area contributed by atoms with E-state index in [1.54, 1.807) is 6.07 Å². The van der Waals surface area contributed by atoms with Gasteiger partial charge in [-0.25, -0.2) is 0 Å². The van der Waals surface area contributed by atoms with E-state index < -0.39 is 5.97 Å². The van der Waals surface area contributed by atoms with E-state index >= 15 is 0 Å². The van der Waals surface area contributed by atoms with E-state index in [1.165, 1.54) is 0 Å². The van der Waals surface area contributed by atoms with Crippen LogP contribution in [0.5, 0.6) is 0 Å². The van der Waals surface area contributed by atoms with E-state index in [2.05, 4.69) is 10.7 Å². The van der Waals surface area contributed by atoms with Crippen molar-refractivity contribution in [1.82, 2.24) is 0 Å². The van der Waals surface area contributed by atoms with Crippen molar-refractivity contribution >= 4 is 5.97 Å². The van der Waals surface area contributed by atoms with Crippen LogP contribution in [0, 0.1) is 23.7 Å². The zero-order valence-corrected chi connectivity index (χ0v) is 4.76. The highest BCUT2D eigenvalue weighted by Gasteiger charge is 1.96. The maximum atomic E-state index is 10.3. The van der Waals surface area contributed by atoms with Crippen molar-refractivity contribution in [2.24, 2.45) is 0 Å². The lowest BCUT2D eigenvalue weighted by molar-refractivity contribution is -0.140. The molecule has 0 bridgehead atoms. The molecular weight excluding hydrogens is 118 g/mol. The third-order valence-corrected chi connectivity index (χ3v) is 0.540. The molecule has 0 spiro atoms. The summed E-state index contributed by atoms with van der Waals surface area (Å²) in [6, 6.07) is 1.63. The SMILES string of the molecule is C#CCOC(=O)CC#N. The van der Waals surface area contributed by atoms with Crippen LogP contribution in [0.1, 0.15) is 6.42 Å². The van der Waals surface area contributed by atoms with Crippen LogP contribution in [0.25, 0.3) is 0 Å². The van der Waals surface area contributed by atoms with Gasteiger partial charge in [0.05, 0.1) is 6.07 Å². The fraction of sp³-hybridized carbons (Fsp3) is 0.333. The monoisotopic (exact) mass is 123 g/mol. The highest BCUT2D eigenvalue weighted by molar-refractivity contribution is 5.71. The minimum absolute atomic E-state index is 0.0550. The van der Waals surface area contributed by atoms with E-state index in [1.807, 2.05) is 0 Å². The molecule has 0 saturated carbocycles. The van der Waals surface area contributed by atoms with Crippen molar-refractivity contribution in [3.05, 3.63) is 0 Å². The summed E-state index contributed by atoms with van der Waals surface area (Å²) in [5, 5.41) is 7.93. The number of nitriles is 1. The first-order valence-electron chi connectivity index (χ1n) is 2.27. The summed E-state index contributed by atoms with van der Waals surface area (Å²) < 4.78 is 4.33. The molecule has 0 heterocycles. The average molecular weight is 123 g/mol. The van der Waals surface area contributed by atoms with Gasteiger partial charge in [-0.3, -0.25) is 4.79 Å². The molecule has 0 aromatic carbocycles. The second-order valence-electron chi connectivity index (χ2n) is 1.20. The van der Waals surface area contributed by atoms with Gasteiger partial charge in [-0.2, -0.15) is 5.26 Å². The Hall–Kier alpha value is -1.48. The van der Waals surface area contributed by atoms with Crippen molar-refractivity contribution in [3.8, 4) is 18.4 Å². The molecule has 0 radical (unpaired) electrons. The molecule has 0 aliphatic heterocycles. The maximum Gasteiger partial charge on any atom is 0.321 e. The third kappa shape index (κ3) is 4.37. The van der Waals surface area contributed by atoms with Crippen molar-refractivity contribution in [3.63, 3.8) is 0 Å². The van der Waals surface area contributed by atoms with Crippen LogP contribution in [0.15, 0.2) is 0 Å². The van der Waals surface area contributed by atoms with Gasteiger partial charge in [0.1, 0.15) is 6.42 Å². The Morgan fingerprint density at radius 1 is 1.78 bits per heavy atom. The molecule has 0 saturated heterocycles. The normalized spacial score (nSPS) is 6.89. The molecular formula is C6H5NO2. The number of ether oxygens (including phenoxy) is 1. The van der Waals surface area contributed by atoms with Crippen molar-refractivity contribution in [1.29, 1.82) is 5.26 Å². The second kappa shape index (κ2) is 4.67. The van der Waals surface area contributed by atoms with Gasteiger partial charge < -0.3 is 4.74 Å². The third-order valence-electron chi connectivity index (χ3n) is 0.540. The van der Waals surface area contributed by atoms with E-state index in [-0.39, 0.29) is 13.0 Å². The Morgan fingerprint density at radius 3 is 2.89 bits per heavy atom. The van der Waals surface area contributed by atoms with Gasteiger partial charge in [-0.1, -0.05) is 5.92 Å². The fourth-order valence-corrected chi connectivity index (χ4v) is 0.238. The fourth-order valence-electron chi connectivity index (χ4n) is 0.238. The average Bonchev–Trinajstić information content (AvgIpc) is 1.85. The molecule has 0 amide bonds. The standard InChI is InChI=1S/C6H5NO2/c1-2-5-9-6(8)3-4-7/h1H,3,5H2. The molecule has 0 unspecified atom stereocenters. The first-order chi connectivity index (χ1) is 4.31. The maximum absolute atomic E-state index is 10.3. The van der Waals surface area contributed by atoms with Crippen LogP contribution in [0.2, 0.25) is 0 Å². The number of carbonyl (C=O) groups excluding carboxylic acids is 1. The summed E-state index contributed by atoms with van der Waals surface area (Å²) >= 11 is 0. The molecule has 3 heteroatoms. The Bertz CT molecular complexity index is 172. The van der Waals surface area contributed by atoms with Crippen molar-refractivity contribution in [2.75, 3.05) is 6.61 Å². The molecule has 46 valence electrons. The summed E-state index contributed by atoms with van der Waals surface area (Å²) in [6.07, 6.45) is 4.53. The van der Waals surface area contributed by atoms with Crippen molar-refractivity contribution in [2.45, 2.75) is 6.42 Å². The number of rotatable bonds is 2. The molecule has 0 aromatic heterocycles. The van der Waals surface area contributed by atoms with Gasteiger partial charge in [0.25, 0.3) is 0 Å². The molecule has 0 aromatic rings. The molecule has 0 aliphatic carbocycles. The number of terminal acetylenes is 1. The summed E-state index contributed by atoms with van der Waals surface area (Å²) in [6.45, 7) is -0.0550. The minimum Gasteiger partial charge on any atom is -0.452 e. The lowest BCUT2D eigenvalue weighted by atomic mass is 10.5. The number of hydrogen-bond acceptors (Lipinski definition) is 3. The lowest BCUT2D eigenvalue weighted by Gasteiger charge is -1.92. The zero-order chi connectivity index (χ0) is 7.11. The lowest BCUT2D eigenvalue weighted by Crippen LogP contribution is -2.02. The van der Waals surface area contributed by atoms with Gasteiger partial charge in [-0.05, 0) is 0 Å². The van der Waals surface area contributed by atoms with Crippen LogP contribution >= 0.6 is 0 Å². The van der Waals surface area contributed by atoms with Crippen LogP contribution in [-0.2, 0) is 9.53 Å². The van der Waals surface area contributed by atoms with Gasteiger partial charge in [0, 0.05) is 0 Å². The summed E-state index contributed by atoms with van der Waals surface area (Å²) in [5.74, 6) is 1.53. The Morgan fingerprint density at radius 2 is 2.44 bits per heavy atom. The first-order valence-corrected chi connectivity index (χ1v) is 2.27. The van der Waals surface area contributed by atoms with E-state index in [9.17, 15) is 4.79 Å². The van der Waals surface area contributed by atoms with Gasteiger partial charge in [0.15, 0.2) is 6.61 Å². The largest absolute Gasteiger partial charge is 0.452 e. The number of carbonyl (C=O) groups is 1. The predicted octanol–water partition coefficient (Wildman–Crippen LogP) is 0.0765. The molecule has 0 atom stereocenters. The Labute approximate surface area is 53.2 Å². The molecule has 0 rings (SSSR count). The molecule has 0 N–H and O–H groups in total. The summed E-state index contributed by atoms with van der Waals surface area (Å²) in [7, 11) is 0. The zero-order valence-electron chi connectivity index (χ0n) is 4.76. The van der Waals surface area contributed by atoms with E-state index in [0.29, 0.717) is 0 Å². The topological polar surface area (TPSA) is 50.1 Å². The Balaban J connectivity index is 3.33. The highest BCUT2D eigenvalue weighted by Crippen LogP contribution is 1.81. The number of hydrogen-bond donors (Lipinski definition) is 0. The summed E-state index contributed by atoms with van der Waals surface area (Å²) in [5.41, 5.74) is 0. The van der Waals surface area contributed by atoms with Crippen molar-refractivity contribution < 1.29 is 9.53 Å². The minimum atomic E-state index is -0.574. The summed E-state index contributed by atoms with van der Waals surface area (Å²) in [4.78, 5) is 10.3. The number of nitrogens with zero attached hydrogens (tertiary/aromatic N) is 1. The quantitative estimate of drug-likeness (QED) is 0.386. The van der Waals surface area contributed by atoms with Crippen LogP contribution < -0.4 is 0 Å². The smallest absolute Gasteiger partial charge is 0.321 e. The number of esters is 1. The van der Waals surface area contributed by atoms with Crippen LogP contribution in [0.4, 0.5) is 0 Å². The van der Waals surface area contributed by atoms with Crippen LogP contribution in [0.3, 0.4) is 0 Å². The predicted molar refractivity (Wildman–Crippen MR) is 30.0 cm³/mol. The highest BCUT2D eigenvalue weighted by atomic mass is 16.5. The second-order valence-corrected chi connectivity index (χ2v) is 1.20. The van der Waals surface area contributed by atoms with Gasteiger partial charge in [0.2, 0.25) is 0 Å². The molecule has 0 fully saturated rings. The Kier molecular flexibility index (Phi) is 3.90.